The molecule has 2 aliphatic rings. The molecule has 0 saturated carbocycles. The minimum atomic E-state index is -1.26. The van der Waals surface area contributed by atoms with Crippen LogP contribution >= 0.6 is 0 Å². The van der Waals surface area contributed by atoms with Gasteiger partial charge in [-0.25, -0.2) is 28.8 Å². The van der Waals surface area contributed by atoms with Crippen LogP contribution in [0.4, 0.5) is 0 Å². The Morgan fingerprint density at radius 1 is 0.731 bits per heavy atom. The van der Waals surface area contributed by atoms with Crippen LogP contribution in [0.1, 0.15) is 20.7 Å². The van der Waals surface area contributed by atoms with Crippen molar-refractivity contribution in [1.29, 1.82) is 0 Å². The lowest BCUT2D eigenvalue weighted by molar-refractivity contribution is -0.150. The zero-order valence-corrected chi connectivity index (χ0v) is 12.8. The number of carboxylic acids is 2. The number of rotatable bonds is 2. The molecule has 1 aromatic carbocycles. The molecule has 134 valence electrons. The summed E-state index contributed by atoms with van der Waals surface area (Å²) in [5.74, 6) is -4.77. The molecule has 2 aliphatic heterocycles. The molecule has 0 saturated heterocycles. The van der Waals surface area contributed by atoms with E-state index in [-0.39, 0.29) is 0 Å². The number of carbonyl (C=O) groups is 6. The molecule has 2 N–H and O–H groups in total. The zero-order chi connectivity index (χ0) is 19.7. The Hall–Kier alpha value is -4.08. The first-order valence-corrected chi connectivity index (χ1v) is 6.64. The van der Waals surface area contributed by atoms with Crippen molar-refractivity contribution in [2.75, 3.05) is 0 Å². The van der Waals surface area contributed by atoms with Crippen LogP contribution in [0.2, 0.25) is 0 Å². The van der Waals surface area contributed by atoms with Crippen molar-refractivity contribution in [2.24, 2.45) is 0 Å². The molecule has 3 rings (SSSR count). The van der Waals surface area contributed by atoms with Crippen molar-refractivity contribution in [3.05, 3.63) is 59.7 Å². The number of hydrogen-bond acceptors (Lipinski definition) is 8. The molecule has 0 spiro atoms. The van der Waals surface area contributed by atoms with E-state index < -0.39 is 35.8 Å². The molecule has 0 amide bonds. The van der Waals surface area contributed by atoms with Crippen LogP contribution in [0.3, 0.4) is 0 Å². The molecule has 0 radical (unpaired) electrons. The second-order valence-corrected chi connectivity index (χ2v) is 4.31. The van der Waals surface area contributed by atoms with Crippen LogP contribution in [0.5, 0.6) is 0 Å². The van der Waals surface area contributed by atoms with E-state index in [1.165, 1.54) is 0 Å². The smallest absolute Gasteiger partial charge is 0.346 e. The SMILES string of the molecule is O=C(O)C=CC(=O)O.O=C1C=CC(=O)O1.O=C1OC(=O)c2ccccc21. The van der Waals surface area contributed by atoms with Gasteiger partial charge in [0.15, 0.2) is 0 Å². The standard InChI is InChI=1S/C8H4O3.C4H4O4.C4H2O3/c9-7-5-3-1-2-4-6(5)8(10)11-7;5-3(6)1-2-4(7)8;5-3-1-2-4(6)7-3/h1-4H;1-2H,(H,5,6)(H,7,8);1-2H. The molecule has 1 aromatic rings. The fraction of sp³-hybridized carbons (Fsp3) is 0. The summed E-state index contributed by atoms with van der Waals surface area (Å²) in [6, 6.07) is 6.53. The van der Waals surface area contributed by atoms with Gasteiger partial charge in [0.1, 0.15) is 0 Å². The van der Waals surface area contributed by atoms with E-state index >= 15 is 0 Å². The second kappa shape index (κ2) is 9.27. The topological polar surface area (TPSA) is 161 Å². The first kappa shape index (κ1) is 20.0. The number of benzene rings is 1. The molecule has 10 heteroatoms. The Morgan fingerprint density at radius 3 is 1.38 bits per heavy atom. The Bertz CT molecular complexity index is 766. The predicted molar refractivity (Wildman–Crippen MR) is 80.8 cm³/mol. The van der Waals surface area contributed by atoms with Gasteiger partial charge in [0.2, 0.25) is 0 Å². The van der Waals surface area contributed by atoms with Crippen LogP contribution in [-0.2, 0) is 28.7 Å². The van der Waals surface area contributed by atoms with Crippen molar-refractivity contribution in [3.8, 4) is 0 Å². The first-order chi connectivity index (χ1) is 12.2. The van der Waals surface area contributed by atoms with Gasteiger partial charge in [-0.3, -0.25) is 0 Å². The van der Waals surface area contributed by atoms with Gasteiger partial charge >= 0.3 is 35.8 Å². The summed E-state index contributed by atoms with van der Waals surface area (Å²) in [5, 5.41) is 15.6. The van der Waals surface area contributed by atoms with Crippen LogP contribution in [0.25, 0.3) is 0 Å². The largest absolute Gasteiger partial charge is 0.478 e. The van der Waals surface area contributed by atoms with Crippen molar-refractivity contribution in [2.45, 2.75) is 0 Å². The molecular formula is C16H10O10. The lowest BCUT2D eigenvalue weighted by atomic mass is 10.1. The van der Waals surface area contributed by atoms with E-state index in [2.05, 4.69) is 9.47 Å². The molecule has 0 aliphatic carbocycles. The number of aliphatic carboxylic acids is 2. The lowest BCUT2D eigenvalue weighted by Gasteiger charge is -1.86. The van der Waals surface area contributed by atoms with Gasteiger partial charge in [-0.05, 0) is 12.1 Å². The number of hydrogen-bond donors (Lipinski definition) is 2. The Labute approximate surface area is 144 Å². The van der Waals surface area contributed by atoms with Gasteiger partial charge in [0.05, 0.1) is 11.1 Å². The highest BCUT2D eigenvalue weighted by Gasteiger charge is 2.28. The highest BCUT2D eigenvalue weighted by molar-refractivity contribution is 6.14. The van der Waals surface area contributed by atoms with E-state index in [0.717, 1.165) is 12.2 Å². The monoisotopic (exact) mass is 362 g/mol. The Kier molecular flexibility index (Phi) is 7.12. The molecule has 0 unspecified atom stereocenters. The van der Waals surface area contributed by atoms with E-state index in [0.29, 0.717) is 23.3 Å². The maximum absolute atomic E-state index is 10.8. The van der Waals surface area contributed by atoms with Crippen LogP contribution in [0.15, 0.2) is 48.6 Å². The molecule has 26 heavy (non-hydrogen) atoms. The van der Waals surface area contributed by atoms with Gasteiger partial charge < -0.3 is 19.7 Å². The number of carbonyl (C=O) groups excluding carboxylic acids is 4. The van der Waals surface area contributed by atoms with Gasteiger partial charge in [0, 0.05) is 24.3 Å². The minimum absolute atomic E-state index is 0.359. The Balaban J connectivity index is 0.000000202. The van der Waals surface area contributed by atoms with Crippen LogP contribution in [0, 0.1) is 0 Å². The molecule has 10 nitrogen and oxygen atoms in total. The van der Waals surface area contributed by atoms with E-state index in [1.54, 1.807) is 24.3 Å². The van der Waals surface area contributed by atoms with E-state index in [9.17, 15) is 28.8 Å². The summed E-state index contributed by atoms with van der Waals surface area (Å²) in [5.41, 5.74) is 0.718. The normalized spacial score (nSPS) is 13.8. The summed E-state index contributed by atoms with van der Waals surface area (Å²) in [6.07, 6.45) is 3.29. The van der Waals surface area contributed by atoms with Crippen LogP contribution < -0.4 is 0 Å². The van der Waals surface area contributed by atoms with Crippen molar-refractivity contribution in [3.63, 3.8) is 0 Å². The van der Waals surface area contributed by atoms with Gasteiger partial charge in [-0.1, -0.05) is 12.1 Å². The summed E-state index contributed by atoms with van der Waals surface area (Å²) in [6.45, 7) is 0. The van der Waals surface area contributed by atoms with Crippen molar-refractivity contribution >= 4 is 35.8 Å². The van der Waals surface area contributed by atoms with Crippen molar-refractivity contribution in [1.82, 2.24) is 0 Å². The average Bonchev–Trinajstić information content (AvgIpc) is 3.09. The summed E-state index contributed by atoms with van der Waals surface area (Å²) >= 11 is 0. The van der Waals surface area contributed by atoms with E-state index in [4.69, 9.17) is 10.2 Å². The molecule has 0 atom stereocenters. The third kappa shape index (κ3) is 6.58. The van der Waals surface area contributed by atoms with Crippen LogP contribution in [-0.4, -0.2) is 46.0 Å². The van der Waals surface area contributed by atoms with Crippen molar-refractivity contribution < 1.29 is 48.5 Å². The average molecular weight is 362 g/mol. The Morgan fingerprint density at radius 2 is 1.12 bits per heavy atom. The van der Waals surface area contributed by atoms with Gasteiger partial charge in [-0.2, -0.15) is 0 Å². The maximum atomic E-state index is 10.8. The molecule has 2 heterocycles. The quantitative estimate of drug-likeness (QED) is 0.426. The fourth-order valence-corrected chi connectivity index (χ4v) is 1.48. The number of cyclic esters (lactones) is 4. The number of ether oxygens (including phenoxy) is 2. The van der Waals surface area contributed by atoms with E-state index in [1.807, 2.05) is 0 Å². The highest BCUT2D eigenvalue weighted by Crippen LogP contribution is 2.18. The highest BCUT2D eigenvalue weighted by atomic mass is 16.6. The first-order valence-electron chi connectivity index (χ1n) is 6.64. The zero-order valence-electron chi connectivity index (χ0n) is 12.8. The fourth-order valence-electron chi connectivity index (χ4n) is 1.48. The predicted octanol–water partition coefficient (Wildman–Crippen LogP) is 0.335. The third-order valence-corrected chi connectivity index (χ3v) is 2.48. The molecule has 0 fully saturated rings. The lowest BCUT2D eigenvalue weighted by Crippen LogP contribution is -1.96. The molecule has 0 bridgehead atoms. The number of fused-ring (bicyclic) bond motifs is 1. The third-order valence-electron chi connectivity index (χ3n) is 2.48. The summed E-state index contributed by atoms with van der Waals surface area (Å²) < 4.78 is 8.33. The summed E-state index contributed by atoms with van der Waals surface area (Å²) in [7, 11) is 0. The molecular weight excluding hydrogens is 352 g/mol. The minimum Gasteiger partial charge on any atom is -0.478 e. The maximum Gasteiger partial charge on any atom is 0.346 e. The molecule has 0 aromatic heterocycles. The summed E-state index contributed by atoms with van der Waals surface area (Å²) in [4.78, 5) is 60.6. The number of carboxylic acid groups (broad SMARTS) is 2. The second-order valence-electron chi connectivity index (χ2n) is 4.31. The van der Waals surface area contributed by atoms with Gasteiger partial charge in [0.25, 0.3) is 0 Å². The van der Waals surface area contributed by atoms with Gasteiger partial charge in [-0.15, -0.1) is 0 Å². The number of esters is 4.